The molecule has 1 aromatic carbocycles. The molecule has 1 heterocycles. The predicted molar refractivity (Wildman–Crippen MR) is 72.6 cm³/mol. The van der Waals surface area contributed by atoms with E-state index in [1.54, 1.807) is 7.11 Å². The highest BCUT2D eigenvalue weighted by molar-refractivity contribution is 5.39. The zero-order valence-electron chi connectivity index (χ0n) is 11.6. The van der Waals surface area contributed by atoms with Crippen LogP contribution in [0.15, 0.2) is 18.2 Å². The van der Waals surface area contributed by atoms with Gasteiger partial charge in [-0.2, -0.15) is 0 Å². The summed E-state index contributed by atoms with van der Waals surface area (Å²) in [5, 5.41) is 8.77. The summed E-state index contributed by atoms with van der Waals surface area (Å²) in [6.07, 6.45) is 0.939. The van der Waals surface area contributed by atoms with E-state index >= 15 is 0 Å². The molecule has 2 rings (SSSR count). The molecule has 1 N–H and O–H groups in total. The van der Waals surface area contributed by atoms with Crippen LogP contribution in [0.1, 0.15) is 36.5 Å². The molecule has 1 aliphatic rings. The first-order valence-corrected chi connectivity index (χ1v) is 6.74. The summed E-state index contributed by atoms with van der Waals surface area (Å²) < 4.78 is 16.6. The minimum atomic E-state index is -0.0580. The lowest BCUT2D eigenvalue weighted by Gasteiger charge is -2.19. The van der Waals surface area contributed by atoms with Gasteiger partial charge in [0.1, 0.15) is 11.9 Å². The third-order valence-corrected chi connectivity index (χ3v) is 3.55. The number of ether oxygens (including phenoxy) is 3. The van der Waals surface area contributed by atoms with Gasteiger partial charge in [0.25, 0.3) is 0 Å². The van der Waals surface area contributed by atoms with Crippen LogP contribution in [0.5, 0.6) is 5.75 Å². The summed E-state index contributed by atoms with van der Waals surface area (Å²) in [7, 11) is 1.68. The van der Waals surface area contributed by atoms with E-state index in [9.17, 15) is 0 Å². The van der Waals surface area contributed by atoms with Gasteiger partial charge in [0, 0.05) is 6.61 Å². The first-order chi connectivity index (χ1) is 9.26. The highest BCUT2D eigenvalue weighted by atomic mass is 16.5. The molecule has 19 heavy (non-hydrogen) atoms. The average Bonchev–Trinajstić information content (AvgIpc) is 2.59. The van der Waals surface area contributed by atoms with E-state index in [1.165, 1.54) is 11.1 Å². The molecule has 0 amide bonds. The second kappa shape index (κ2) is 6.89. The molecule has 2 atom stereocenters. The van der Waals surface area contributed by atoms with E-state index in [-0.39, 0.29) is 12.7 Å². The Bertz CT molecular complexity index is 405. The van der Waals surface area contributed by atoms with Crippen LogP contribution in [0, 0.1) is 0 Å². The van der Waals surface area contributed by atoms with Gasteiger partial charge in [0.2, 0.25) is 0 Å². The SMILES string of the molecule is COc1ccc2c(c1)C(C)CCOC2COCCO. The standard InChI is InChI=1S/C15H22O4/c1-11-5-7-19-15(10-18-8-6-16)13-4-3-12(17-2)9-14(11)13/h3-4,9,11,15-16H,5-8,10H2,1-2H3. The van der Waals surface area contributed by atoms with Gasteiger partial charge in [-0.1, -0.05) is 13.0 Å². The molecule has 106 valence electrons. The fourth-order valence-corrected chi connectivity index (χ4v) is 2.42. The Morgan fingerprint density at radius 1 is 1.37 bits per heavy atom. The second-order valence-corrected chi connectivity index (χ2v) is 4.84. The highest BCUT2D eigenvalue weighted by Gasteiger charge is 2.23. The van der Waals surface area contributed by atoms with Crippen molar-refractivity contribution in [3.05, 3.63) is 29.3 Å². The van der Waals surface area contributed by atoms with Crippen LogP contribution in [0.3, 0.4) is 0 Å². The molecule has 2 unspecified atom stereocenters. The van der Waals surface area contributed by atoms with Crippen molar-refractivity contribution >= 4 is 0 Å². The van der Waals surface area contributed by atoms with Crippen molar-refractivity contribution in [3.8, 4) is 5.75 Å². The van der Waals surface area contributed by atoms with Crippen molar-refractivity contribution in [1.29, 1.82) is 0 Å². The van der Waals surface area contributed by atoms with Crippen LogP contribution < -0.4 is 4.74 Å². The first kappa shape index (κ1) is 14.3. The van der Waals surface area contributed by atoms with Gasteiger partial charge >= 0.3 is 0 Å². The Balaban J connectivity index is 2.21. The fourth-order valence-electron chi connectivity index (χ4n) is 2.42. The van der Waals surface area contributed by atoms with Crippen molar-refractivity contribution in [2.45, 2.75) is 25.4 Å². The van der Waals surface area contributed by atoms with E-state index in [0.29, 0.717) is 19.1 Å². The first-order valence-electron chi connectivity index (χ1n) is 6.74. The van der Waals surface area contributed by atoms with E-state index in [1.807, 2.05) is 6.07 Å². The minimum Gasteiger partial charge on any atom is -0.497 e. The number of benzene rings is 1. The van der Waals surface area contributed by atoms with Crippen molar-refractivity contribution in [1.82, 2.24) is 0 Å². The van der Waals surface area contributed by atoms with Gasteiger partial charge in [0.15, 0.2) is 0 Å². The zero-order chi connectivity index (χ0) is 13.7. The molecule has 1 aliphatic heterocycles. The number of hydrogen-bond acceptors (Lipinski definition) is 4. The quantitative estimate of drug-likeness (QED) is 0.831. The Hall–Kier alpha value is -1.10. The van der Waals surface area contributed by atoms with Crippen LogP contribution in [0.2, 0.25) is 0 Å². The molecule has 0 fully saturated rings. The van der Waals surface area contributed by atoms with Gasteiger partial charge in [-0.25, -0.2) is 0 Å². The highest BCUT2D eigenvalue weighted by Crippen LogP contribution is 2.35. The maximum Gasteiger partial charge on any atom is 0.119 e. The lowest BCUT2D eigenvalue weighted by Crippen LogP contribution is -2.13. The van der Waals surface area contributed by atoms with Crippen LogP contribution in [-0.4, -0.2) is 38.6 Å². The Morgan fingerprint density at radius 2 is 2.21 bits per heavy atom. The molecule has 0 saturated carbocycles. The summed E-state index contributed by atoms with van der Waals surface area (Å²) >= 11 is 0. The topological polar surface area (TPSA) is 47.9 Å². The lowest BCUT2D eigenvalue weighted by molar-refractivity contribution is -0.0234. The van der Waals surface area contributed by atoms with Crippen LogP contribution in [0.4, 0.5) is 0 Å². The fraction of sp³-hybridized carbons (Fsp3) is 0.600. The van der Waals surface area contributed by atoms with Crippen molar-refractivity contribution in [2.24, 2.45) is 0 Å². The van der Waals surface area contributed by atoms with Crippen molar-refractivity contribution < 1.29 is 19.3 Å². The van der Waals surface area contributed by atoms with Crippen molar-refractivity contribution in [2.75, 3.05) is 33.5 Å². The molecule has 0 radical (unpaired) electrons. The van der Waals surface area contributed by atoms with E-state index in [4.69, 9.17) is 19.3 Å². The molecule has 0 aromatic heterocycles. The molecule has 0 aliphatic carbocycles. The molecule has 0 spiro atoms. The molecule has 4 heteroatoms. The smallest absolute Gasteiger partial charge is 0.119 e. The zero-order valence-corrected chi connectivity index (χ0v) is 11.6. The van der Waals surface area contributed by atoms with Gasteiger partial charge < -0.3 is 19.3 Å². The molecular formula is C15H22O4. The number of hydrogen-bond donors (Lipinski definition) is 1. The maximum absolute atomic E-state index is 8.77. The normalized spacial score (nSPS) is 22.7. The molecule has 1 aromatic rings. The summed E-state index contributed by atoms with van der Waals surface area (Å²) in [5.41, 5.74) is 2.44. The molecule has 0 bridgehead atoms. The summed E-state index contributed by atoms with van der Waals surface area (Å²) in [5.74, 6) is 1.33. The maximum atomic E-state index is 8.77. The summed E-state index contributed by atoms with van der Waals surface area (Å²) in [6.45, 7) is 3.80. The largest absolute Gasteiger partial charge is 0.497 e. The Labute approximate surface area is 114 Å². The van der Waals surface area contributed by atoms with Gasteiger partial charge in [-0.3, -0.25) is 0 Å². The monoisotopic (exact) mass is 266 g/mol. The lowest BCUT2D eigenvalue weighted by atomic mass is 9.92. The van der Waals surface area contributed by atoms with E-state index in [2.05, 4.69) is 19.1 Å². The number of aliphatic hydroxyl groups excluding tert-OH is 1. The average molecular weight is 266 g/mol. The third kappa shape index (κ3) is 3.47. The van der Waals surface area contributed by atoms with Crippen LogP contribution >= 0.6 is 0 Å². The van der Waals surface area contributed by atoms with Crippen LogP contribution in [-0.2, 0) is 9.47 Å². The summed E-state index contributed by atoms with van der Waals surface area (Å²) in [6, 6.07) is 6.11. The van der Waals surface area contributed by atoms with E-state index in [0.717, 1.165) is 18.8 Å². The predicted octanol–water partition coefficient (Wildman–Crippen LogP) is 2.27. The van der Waals surface area contributed by atoms with Gasteiger partial charge in [-0.05, 0) is 35.6 Å². The number of fused-ring (bicyclic) bond motifs is 1. The number of rotatable bonds is 5. The molecule has 0 saturated heterocycles. The number of methoxy groups -OCH3 is 1. The van der Waals surface area contributed by atoms with Crippen molar-refractivity contribution in [3.63, 3.8) is 0 Å². The minimum absolute atomic E-state index is 0.0403. The number of aliphatic hydroxyl groups is 1. The van der Waals surface area contributed by atoms with E-state index < -0.39 is 0 Å². The van der Waals surface area contributed by atoms with Gasteiger partial charge in [0.05, 0.1) is 26.9 Å². The third-order valence-electron chi connectivity index (χ3n) is 3.55. The second-order valence-electron chi connectivity index (χ2n) is 4.84. The molecular weight excluding hydrogens is 244 g/mol. The Morgan fingerprint density at radius 3 is 2.95 bits per heavy atom. The van der Waals surface area contributed by atoms with Gasteiger partial charge in [-0.15, -0.1) is 0 Å². The summed E-state index contributed by atoms with van der Waals surface area (Å²) in [4.78, 5) is 0. The molecule has 4 nitrogen and oxygen atoms in total. The Kier molecular flexibility index (Phi) is 5.19. The van der Waals surface area contributed by atoms with Crippen LogP contribution in [0.25, 0.3) is 0 Å².